The Labute approximate surface area is 120 Å². The number of rotatable bonds is 5. The van der Waals surface area contributed by atoms with Crippen LogP contribution in [-0.2, 0) is 11.2 Å². The molecular weight excluding hydrogens is 252 g/mol. The van der Waals surface area contributed by atoms with Gasteiger partial charge in [-0.2, -0.15) is 0 Å². The number of aliphatic hydroxyl groups is 1. The largest absolute Gasteiger partial charge is 0.393 e. The molecule has 1 atom stereocenters. The van der Waals surface area contributed by atoms with Crippen molar-refractivity contribution in [3.63, 3.8) is 0 Å². The van der Waals surface area contributed by atoms with Crippen molar-refractivity contribution in [1.82, 2.24) is 5.32 Å². The Morgan fingerprint density at radius 3 is 2.55 bits per heavy atom. The van der Waals surface area contributed by atoms with Gasteiger partial charge < -0.3 is 16.2 Å². The van der Waals surface area contributed by atoms with Crippen molar-refractivity contribution in [3.8, 4) is 0 Å². The lowest BCUT2D eigenvalue weighted by atomic mass is 9.93. The molecule has 1 fully saturated rings. The van der Waals surface area contributed by atoms with Crippen LogP contribution in [0.1, 0.15) is 37.7 Å². The van der Waals surface area contributed by atoms with E-state index < -0.39 is 6.04 Å². The van der Waals surface area contributed by atoms with E-state index in [1.165, 1.54) is 5.56 Å². The standard InChI is InChI=1S/C16H24N2O2/c17-15(11-6-12-4-2-1-3-5-12)16(20)18-13-7-9-14(19)10-8-13/h1-5,13-15,19H,6-11,17H2,(H,18,20). The number of nitrogens with two attached hydrogens (primary N) is 1. The summed E-state index contributed by atoms with van der Waals surface area (Å²) < 4.78 is 0. The van der Waals surface area contributed by atoms with Gasteiger partial charge in [-0.25, -0.2) is 0 Å². The lowest BCUT2D eigenvalue weighted by Crippen LogP contribution is -2.47. The molecule has 20 heavy (non-hydrogen) atoms. The summed E-state index contributed by atoms with van der Waals surface area (Å²) in [6.07, 6.45) is 4.50. The number of aliphatic hydroxyl groups excluding tert-OH is 1. The van der Waals surface area contributed by atoms with E-state index in [0.29, 0.717) is 6.42 Å². The molecule has 1 aromatic carbocycles. The Kier molecular flexibility index (Phi) is 5.56. The highest BCUT2D eigenvalue weighted by molar-refractivity contribution is 5.81. The van der Waals surface area contributed by atoms with Gasteiger partial charge in [0.05, 0.1) is 12.1 Å². The zero-order valence-corrected chi connectivity index (χ0v) is 11.8. The highest BCUT2D eigenvalue weighted by Crippen LogP contribution is 2.18. The highest BCUT2D eigenvalue weighted by atomic mass is 16.3. The number of carbonyl (C=O) groups excluding carboxylic acids is 1. The fourth-order valence-corrected chi connectivity index (χ4v) is 2.63. The second-order valence-electron chi connectivity index (χ2n) is 5.64. The maximum atomic E-state index is 12.0. The molecule has 0 bridgehead atoms. The fourth-order valence-electron chi connectivity index (χ4n) is 2.63. The zero-order valence-electron chi connectivity index (χ0n) is 11.8. The lowest BCUT2D eigenvalue weighted by molar-refractivity contribution is -0.123. The first-order chi connectivity index (χ1) is 9.65. The highest BCUT2D eigenvalue weighted by Gasteiger charge is 2.22. The van der Waals surface area contributed by atoms with Crippen molar-refractivity contribution in [1.29, 1.82) is 0 Å². The number of hydrogen-bond acceptors (Lipinski definition) is 3. The first-order valence-electron chi connectivity index (χ1n) is 7.43. The van der Waals surface area contributed by atoms with Crippen LogP contribution in [0.15, 0.2) is 30.3 Å². The van der Waals surface area contributed by atoms with Gasteiger partial charge in [-0.3, -0.25) is 4.79 Å². The van der Waals surface area contributed by atoms with Crippen molar-refractivity contribution in [3.05, 3.63) is 35.9 Å². The Hall–Kier alpha value is -1.39. The van der Waals surface area contributed by atoms with Gasteiger partial charge in [0.1, 0.15) is 0 Å². The van der Waals surface area contributed by atoms with Gasteiger partial charge in [0.25, 0.3) is 0 Å². The normalized spacial score (nSPS) is 24.1. The van der Waals surface area contributed by atoms with E-state index >= 15 is 0 Å². The van der Waals surface area contributed by atoms with Crippen LogP contribution < -0.4 is 11.1 Å². The molecule has 2 rings (SSSR count). The molecule has 0 heterocycles. The smallest absolute Gasteiger partial charge is 0.237 e. The van der Waals surface area contributed by atoms with Gasteiger partial charge >= 0.3 is 0 Å². The van der Waals surface area contributed by atoms with Gasteiger partial charge in [0.2, 0.25) is 5.91 Å². The average molecular weight is 276 g/mol. The predicted molar refractivity (Wildman–Crippen MR) is 79.1 cm³/mol. The summed E-state index contributed by atoms with van der Waals surface area (Å²) in [6.45, 7) is 0. The molecule has 4 N–H and O–H groups in total. The van der Waals surface area contributed by atoms with Crippen molar-refractivity contribution >= 4 is 5.91 Å². The molecule has 0 aliphatic heterocycles. The summed E-state index contributed by atoms with van der Waals surface area (Å²) in [4.78, 5) is 12.0. The van der Waals surface area contributed by atoms with Gasteiger partial charge in [-0.1, -0.05) is 30.3 Å². The molecule has 0 spiro atoms. The van der Waals surface area contributed by atoms with Gasteiger partial charge in [0, 0.05) is 6.04 Å². The van der Waals surface area contributed by atoms with E-state index in [9.17, 15) is 9.90 Å². The van der Waals surface area contributed by atoms with Crippen molar-refractivity contribution in [2.24, 2.45) is 5.73 Å². The average Bonchev–Trinajstić information content (AvgIpc) is 2.48. The monoisotopic (exact) mass is 276 g/mol. The van der Waals surface area contributed by atoms with Gasteiger partial charge in [-0.15, -0.1) is 0 Å². The van der Waals surface area contributed by atoms with E-state index in [1.54, 1.807) is 0 Å². The minimum Gasteiger partial charge on any atom is -0.393 e. The van der Waals surface area contributed by atoms with Gasteiger partial charge in [-0.05, 0) is 44.1 Å². The van der Waals surface area contributed by atoms with Crippen LogP contribution in [0.4, 0.5) is 0 Å². The third-order valence-electron chi connectivity index (χ3n) is 3.97. The maximum Gasteiger partial charge on any atom is 0.237 e. The molecule has 0 aromatic heterocycles. The Bertz CT molecular complexity index is 414. The van der Waals surface area contributed by atoms with E-state index in [-0.39, 0.29) is 18.1 Å². The van der Waals surface area contributed by atoms with E-state index in [4.69, 9.17) is 5.73 Å². The van der Waals surface area contributed by atoms with Crippen LogP contribution in [0, 0.1) is 0 Å². The molecule has 0 radical (unpaired) electrons. The van der Waals surface area contributed by atoms with Crippen LogP contribution in [0.5, 0.6) is 0 Å². The van der Waals surface area contributed by atoms with Crippen LogP contribution in [-0.4, -0.2) is 29.2 Å². The molecular formula is C16H24N2O2. The first-order valence-corrected chi connectivity index (χ1v) is 7.43. The minimum absolute atomic E-state index is 0.0673. The van der Waals surface area contributed by atoms with Crippen molar-refractivity contribution in [2.75, 3.05) is 0 Å². The number of nitrogens with one attached hydrogen (secondary N) is 1. The van der Waals surface area contributed by atoms with Crippen LogP contribution in [0.2, 0.25) is 0 Å². The Balaban J connectivity index is 1.72. The SMILES string of the molecule is NC(CCc1ccccc1)C(=O)NC1CCC(O)CC1. The maximum absolute atomic E-state index is 12.0. The van der Waals surface area contributed by atoms with Gasteiger partial charge in [0.15, 0.2) is 0 Å². The molecule has 1 saturated carbocycles. The third kappa shape index (κ3) is 4.62. The molecule has 110 valence electrons. The zero-order chi connectivity index (χ0) is 14.4. The molecule has 1 aliphatic carbocycles. The summed E-state index contributed by atoms with van der Waals surface area (Å²) in [5, 5.41) is 12.4. The molecule has 4 heteroatoms. The molecule has 1 amide bonds. The molecule has 4 nitrogen and oxygen atoms in total. The molecule has 1 aromatic rings. The summed E-state index contributed by atoms with van der Waals surface area (Å²) in [5.74, 6) is -0.0673. The summed E-state index contributed by atoms with van der Waals surface area (Å²) >= 11 is 0. The Morgan fingerprint density at radius 1 is 1.25 bits per heavy atom. The number of hydrogen-bond donors (Lipinski definition) is 3. The topological polar surface area (TPSA) is 75.4 Å². The summed E-state index contributed by atoms with van der Waals surface area (Å²) in [7, 11) is 0. The summed E-state index contributed by atoms with van der Waals surface area (Å²) in [5.41, 5.74) is 7.15. The second-order valence-corrected chi connectivity index (χ2v) is 5.64. The van der Waals surface area contributed by atoms with Crippen LogP contribution in [0.25, 0.3) is 0 Å². The fraction of sp³-hybridized carbons (Fsp3) is 0.562. The Morgan fingerprint density at radius 2 is 1.90 bits per heavy atom. The number of aryl methyl sites for hydroxylation is 1. The molecule has 0 saturated heterocycles. The minimum atomic E-state index is -0.456. The van der Waals surface area contributed by atoms with Crippen molar-refractivity contribution < 1.29 is 9.90 Å². The third-order valence-corrected chi connectivity index (χ3v) is 3.97. The quantitative estimate of drug-likeness (QED) is 0.760. The van der Waals surface area contributed by atoms with Crippen LogP contribution in [0.3, 0.4) is 0 Å². The van der Waals surface area contributed by atoms with Crippen LogP contribution >= 0.6 is 0 Å². The first kappa shape index (κ1) is 15.0. The molecule has 1 unspecified atom stereocenters. The number of carbonyl (C=O) groups is 1. The predicted octanol–water partition coefficient (Wildman–Crippen LogP) is 1.37. The molecule has 1 aliphatic rings. The number of benzene rings is 1. The lowest BCUT2D eigenvalue weighted by Gasteiger charge is -2.27. The van der Waals surface area contributed by atoms with E-state index in [0.717, 1.165) is 32.1 Å². The van der Waals surface area contributed by atoms with E-state index in [1.807, 2.05) is 30.3 Å². The summed E-state index contributed by atoms with van der Waals surface area (Å²) in [6, 6.07) is 9.78. The number of amides is 1. The second kappa shape index (κ2) is 7.41. The van der Waals surface area contributed by atoms with E-state index in [2.05, 4.69) is 5.32 Å². The van der Waals surface area contributed by atoms with Crippen molar-refractivity contribution in [2.45, 2.75) is 56.7 Å².